The van der Waals surface area contributed by atoms with Gasteiger partial charge in [0.25, 0.3) is 0 Å². The first-order valence-corrected chi connectivity index (χ1v) is 11.5. The van der Waals surface area contributed by atoms with Crippen molar-refractivity contribution < 1.29 is 19.1 Å². The monoisotopic (exact) mass is 343 g/mol. The average Bonchev–Trinajstić information content (AvgIpc) is 2.88. The van der Waals surface area contributed by atoms with Crippen LogP contribution >= 0.6 is 0 Å². The molecule has 0 unspecified atom stereocenters. The molecule has 5 nitrogen and oxygen atoms in total. The standard InChI is InChI=1S/C17H33NO4Si/c1-11(2)14-17(9-22-23(7,8)16(4,5)6)13(19)12(3)15(20)18(17)10-21-14/h11-14,19H,9-10H2,1-8H3/t12-,13+,14+,17+/m1/s1. The molecule has 0 saturated carbocycles. The molecule has 2 fully saturated rings. The van der Waals surface area contributed by atoms with Gasteiger partial charge in [-0.05, 0) is 24.1 Å². The number of carbonyl (C=O) groups is 1. The molecule has 0 spiro atoms. The first kappa shape index (κ1) is 18.9. The average molecular weight is 344 g/mol. The third-order valence-corrected chi connectivity index (χ3v) is 10.6. The van der Waals surface area contributed by atoms with Crippen molar-refractivity contribution in [3.8, 4) is 0 Å². The molecule has 2 aliphatic heterocycles. The second kappa shape index (κ2) is 5.83. The molecule has 0 aromatic carbocycles. The summed E-state index contributed by atoms with van der Waals surface area (Å²) in [6.45, 7) is 17.5. The highest BCUT2D eigenvalue weighted by Gasteiger charge is 2.65. The van der Waals surface area contributed by atoms with Crippen LogP contribution in [0, 0.1) is 11.8 Å². The van der Waals surface area contributed by atoms with Gasteiger partial charge in [0.15, 0.2) is 8.32 Å². The number of ether oxygens (including phenoxy) is 1. The van der Waals surface area contributed by atoms with Crippen LogP contribution in [0.1, 0.15) is 41.5 Å². The molecule has 134 valence electrons. The van der Waals surface area contributed by atoms with E-state index in [1.54, 1.807) is 11.8 Å². The van der Waals surface area contributed by atoms with Crippen molar-refractivity contribution in [2.24, 2.45) is 11.8 Å². The fourth-order valence-corrected chi connectivity index (χ4v) is 4.54. The summed E-state index contributed by atoms with van der Waals surface area (Å²) >= 11 is 0. The summed E-state index contributed by atoms with van der Waals surface area (Å²) in [6.07, 6.45) is -0.953. The molecule has 2 heterocycles. The van der Waals surface area contributed by atoms with Gasteiger partial charge in [0, 0.05) is 0 Å². The van der Waals surface area contributed by atoms with E-state index in [0.29, 0.717) is 6.61 Å². The quantitative estimate of drug-likeness (QED) is 0.797. The van der Waals surface area contributed by atoms with Gasteiger partial charge in [-0.3, -0.25) is 4.79 Å². The molecule has 0 aromatic rings. The van der Waals surface area contributed by atoms with Gasteiger partial charge < -0.3 is 19.2 Å². The Bertz CT molecular complexity index is 474. The van der Waals surface area contributed by atoms with Crippen LogP contribution in [0.15, 0.2) is 0 Å². The number of hydrogen-bond acceptors (Lipinski definition) is 4. The number of amides is 1. The predicted molar refractivity (Wildman–Crippen MR) is 92.5 cm³/mol. The van der Waals surface area contributed by atoms with E-state index in [0.717, 1.165) is 0 Å². The molecular weight excluding hydrogens is 310 g/mol. The molecular formula is C17H33NO4Si. The fourth-order valence-electron chi connectivity index (χ4n) is 3.51. The summed E-state index contributed by atoms with van der Waals surface area (Å²) in [7, 11) is -1.98. The molecule has 2 aliphatic rings. The predicted octanol–water partition coefficient (Wildman–Crippen LogP) is 2.60. The first-order valence-electron chi connectivity index (χ1n) is 8.61. The Labute approximate surface area is 141 Å². The number of rotatable bonds is 4. The van der Waals surface area contributed by atoms with E-state index in [1.165, 1.54) is 0 Å². The lowest BCUT2D eigenvalue weighted by molar-refractivity contribution is -0.133. The lowest BCUT2D eigenvalue weighted by Gasteiger charge is -2.44. The van der Waals surface area contributed by atoms with Crippen LogP contribution in [0.2, 0.25) is 18.1 Å². The maximum atomic E-state index is 12.5. The molecule has 1 amide bonds. The molecule has 23 heavy (non-hydrogen) atoms. The van der Waals surface area contributed by atoms with Gasteiger partial charge in [-0.2, -0.15) is 0 Å². The number of fused-ring (bicyclic) bond motifs is 1. The van der Waals surface area contributed by atoms with Crippen LogP contribution in [0.25, 0.3) is 0 Å². The Morgan fingerprint density at radius 3 is 2.48 bits per heavy atom. The van der Waals surface area contributed by atoms with Crippen molar-refractivity contribution in [1.29, 1.82) is 0 Å². The van der Waals surface area contributed by atoms with Crippen LogP contribution in [0.5, 0.6) is 0 Å². The van der Waals surface area contributed by atoms with E-state index in [2.05, 4.69) is 47.7 Å². The van der Waals surface area contributed by atoms with Crippen molar-refractivity contribution in [2.75, 3.05) is 13.3 Å². The van der Waals surface area contributed by atoms with Crippen molar-refractivity contribution >= 4 is 14.2 Å². The molecule has 0 aromatic heterocycles. The third-order valence-electron chi connectivity index (χ3n) is 6.10. The van der Waals surface area contributed by atoms with Crippen LogP contribution in [0.3, 0.4) is 0 Å². The second-order valence-corrected chi connectivity index (χ2v) is 13.8. The number of carbonyl (C=O) groups excluding carboxylic acids is 1. The van der Waals surface area contributed by atoms with Crippen molar-refractivity contribution in [1.82, 2.24) is 4.90 Å². The SMILES string of the molecule is CC(C)[C@@H]1OCN2C(=O)[C@H](C)[C@H](O)[C@@]12CO[Si](C)(C)C(C)(C)C. The summed E-state index contributed by atoms with van der Waals surface area (Å²) in [6, 6.07) is 0. The normalized spacial score (nSPS) is 35.3. The van der Waals surface area contributed by atoms with E-state index >= 15 is 0 Å². The van der Waals surface area contributed by atoms with E-state index in [4.69, 9.17) is 9.16 Å². The first-order chi connectivity index (χ1) is 10.4. The van der Waals surface area contributed by atoms with Crippen molar-refractivity contribution in [3.63, 3.8) is 0 Å². The zero-order valence-corrected chi connectivity index (χ0v) is 16.8. The van der Waals surface area contributed by atoms with Crippen LogP contribution in [0.4, 0.5) is 0 Å². The number of aliphatic hydroxyl groups excluding tert-OH is 1. The summed E-state index contributed by atoms with van der Waals surface area (Å²) in [5.41, 5.74) is -0.750. The van der Waals surface area contributed by atoms with Gasteiger partial charge in [-0.15, -0.1) is 0 Å². The maximum Gasteiger partial charge on any atom is 0.230 e. The molecule has 6 heteroatoms. The Morgan fingerprint density at radius 2 is 2.00 bits per heavy atom. The Balaban J connectivity index is 2.34. The van der Waals surface area contributed by atoms with E-state index < -0.39 is 25.9 Å². The summed E-state index contributed by atoms with van der Waals surface area (Å²) in [4.78, 5) is 14.3. The van der Waals surface area contributed by atoms with E-state index in [1.807, 2.05) is 0 Å². The zero-order valence-electron chi connectivity index (χ0n) is 15.8. The van der Waals surface area contributed by atoms with Gasteiger partial charge in [0.05, 0.1) is 24.7 Å². The molecule has 4 atom stereocenters. The number of aliphatic hydroxyl groups is 1. The molecule has 0 radical (unpaired) electrons. The summed E-state index contributed by atoms with van der Waals surface area (Å²) in [5.74, 6) is -0.224. The smallest absolute Gasteiger partial charge is 0.230 e. The van der Waals surface area contributed by atoms with Crippen molar-refractivity contribution in [2.45, 2.75) is 77.4 Å². The van der Waals surface area contributed by atoms with Crippen LogP contribution in [-0.4, -0.2) is 55.3 Å². The molecule has 2 saturated heterocycles. The van der Waals surface area contributed by atoms with Gasteiger partial charge in [0.1, 0.15) is 12.3 Å². The summed E-state index contributed by atoms with van der Waals surface area (Å²) < 4.78 is 12.3. The third kappa shape index (κ3) is 2.77. The largest absolute Gasteiger partial charge is 0.414 e. The number of nitrogens with zero attached hydrogens (tertiary/aromatic N) is 1. The molecule has 0 aliphatic carbocycles. The van der Waals surface area contributed by atoms with Gasteiger partial charge in [-0.1, -0.05) is 41.5 Å². The highest BCUT2D eigenvalue weighted by molar-refractivity contribution is 6.74. The maximum absolute atomic E-state index is 12.5. The minimum atomic E-state index is -1.98. The van der Waals surface area contributed by atoms with Gasteiger partial charge in [0.2, 0.25) is 5.91 Å². The van der Waals surface area contributed by atoms with E-state index in [-0.39, 0.29) is 29.7 Å². The van der Waals surface area contributed by atoms with Gasteiger partial charge in [-0.25, -0.2) is 0 Å². The van der Waals surface area contributed by atoms with Crippen LogP contribution < -0.4 is 0 Å². The van der Waals surface area contributed by atoms with E-state index in [9.17, 15) is 9.90 Å². The fraction of sp³-hybridized carbons (Fsp3) is 0.941. The molecule has 1 N–H and O–H groups in total. The Kier molecular flexibility index (Phi) is 4.79. The zero-order chi connectivity index (χ0) is 17.8. The number of hydrogen-bond donors (Lipinski definition) is 1. The Hall–Kier alpha value is -0.433. The highest BCUT2D eigenvalue weighted by atomic mass is 28.4. The second-order valence-electron chi connectivity index (χ2n) is 9.00. The lowest BCUT2D eigenvalue weighted by Crippen LogP contribution is -2.61. The molecule has 2 rings (SSSR count). The van der Waals surface area contributed by atoms with Crippen molar-refractivity contribution in [3.05, 3.63) is 0 Å². The minimum Gasteiger partial charge on any atom is -0.414 e. The summed E-state index contributed by atoms with van der Waals surface area (Å²) in [5, 5.41) is 11.0. The molecule has 0 bridgehead atoms. The van der Waals surface area contributed by atoms with Gasteiger partial charge >= 0.3 is 0 Å². The lowest BCUT2D eigenvalue weighted by atomic mass is 9.80. The van der Waals surface area contributed by atoms with Crippen LogP contribution in [-0.2, 0) is 14.0 Å². The highest BCUT2D eigenvalue weighted by Crippen LogP contribution is 2.46. The minimum absolute atomic E-state index is 0.0283. The Morgan fingerprint density at radius 1 is 1.43 bits per heavy atom. The topological polar surface area (TPSA) is 59.0 Å².